The molecule has 4 nitrogen and oxygen atoms in total. The summed E-state index contributed by atoms with van der Waals surface area (Å²) in [5.41, 5.74) is 1.23. The summed E-state index contributed by atoms with van der Waals surface area (Å²) in [5, 5.41) is 4.83. The Morgan fingerprint density at radius 3 is 2.29 bits per heavy atom. The zero-order valence-electron chi connectivity index (χ0n) is 17.1. The van der Waals surface area contributed by atoms with Crippen LogP contribution in [0.5, 0.6) is 0 Å². The molecule has 0 aliphatic heterocycles. The highest BCUT2D eigenvalue weighted by Crippen LogP contribution is 2.27. The Morgan fingerprint density at radius 1 is 1.03 bits per heavy atom. The van der Waals surface area contributed by atoms with E-state index < -0.39 is 6.04 Å². The van der Waals surface area contributed by atoms with Crippen LogP contribution in [0.4, 0.5) is 0 Å². The fourth-order valence-electron chi connectivity index (χ4n) is 3.76. The van der Waals surface area contributed by atoms with Crippen molar-refractivity contribution in [2.45, 2.75) is 57.7 Å². The van der Waals surface area contributed by atoms with Crippen molar-refractivity contribution in [1.29, 1.82) is 0 Å². The first-order chi connectivity index (χ1) is 14.8. The first kappa shape index (κ1) is 24.2. The number of amides is 2. The monoisotopic (exact) mass is 500 g/mol. The molecular weight excluding hydrogens is 478 g/mol. The number of nitrogens with zero attached hydrogens (tertiary/aromatic N) is 1. The van der Waals surface area contributed by atoms with E-state index in [0.29, 0.717) is 31.2 Å². The van der Waals surface area contributed by atoms with Gasteiger partial charge in [-0.25, -0.2) is 0 Å². The summed E-state index contributed by atoms with van der Waals surface area (Å²) in [5.74, 6) is -0.453. The lowest BCUT2D eigenvalue weighted by Gasteiger charge is -2.30. The van der Waals surface area contributed by atoms with Gasteiger partial charge in [0, 0.05) is 32.7 Å². The van der Waals surface area contributed by atoms with Crippen molar-refractivity contribution in [2.75, 3.05) is 0 Å². The van der Waals surface area contributed by atoms with E-state index in [1.807, 2.05) is 0 Å². The predicted molar refractivity (Wildman–Crippen MR) is 127 cm³/mol. The summed E-state index contributed by atoms with van der Waals surface area (Å²) >= 11 is 24.9. The highest BCUT2D eigenvalue weighted by Gasteiger charge is 2.29. The van der Waals surface area contributed by atoms with Crippen LogP contribution in [0.3, 0.4) is 0 Å². The second-order valence-electron chi connectivity index (χ2n) is 7.80. The minimum atomic E-state index is -0.693. The molecular formula is C23H24Cl4N2O2. The molecule has 2 amide bonds. The first-order valence-electron chi connectivity index (χ1n) is 10.2. The minimum Gasteiger partial charge on any atom is -0.352 e. The van der Waals surface area contributed by atoms with Crippen LogP contribution in [-0.4, -0.2) is 28.8 Å². The third-order valence-corrected chi connectivity index (χ3v) is 6.91. The normalized spacial score (nSPS) is 15.0. The molecule has 1 atom stereocenters. The summed E-state index contributed by atoms with van der Waals surface area (Å²) in [6.07, 6.45) is 4.11. The molecule has 2 aromatic carbocycles. The molecule has 0 aromatic heterocycles. The highest BCUT2D eigenvalue weighted by molar-refractivity contribution is 6.36. The average molecular weight is 502 g/mol. The van der Waals surface area contributed by atoms with E-state index in [1.54, 1.807) is 43.3 Å². The zero-order chi connectivity index (χ0) is 22.5. The van der Waals surface area contributed by atoms with Gasteiger partial charge in [-0.05, 0) is 55.2 Å². The molecule has 0 radical (unpaired) electrons. The molecule has 0 bridgehead atoms. The molecule has 1 saturated carbocycles. The summed E-state index contributed by atoms with van der Waals surface area (Å²) in [6.45, 7) is 1.89. The lowest BCUT2D eigenvalue weighted by atomic mass is 10.1. The zero-order valence-corrected chi connectivity index (χ0v) is 20.2. The first-order valence-corrected chi connectivity index (χ1v) is 11.7. The fourth-order valence-corrected chi connectivity index (χ4v) is 4.76. The Balaban J connectivity index is 1.85. The van der Waals surface area contributed by atoms with Gasteiger partial charge in [0.1, 0.15) is 6.04 Å². The molecule has 0 saturated heterocycles. The van der Waals surface area contributed by atoms with Crippen LogP contribution in [-0.2, 0) is 22.6 Å². The Hall–Kier alpha value is -1.46. The Morgan fingerprint density at radius 2 is 1.68 bits per heavy atom. The van der Waals surface area contributed by atoms with Gasteiger partial charge in [-0.2, -0.15) is 0 Å². The molecule has 1 fully saturated rings. The van der Waals surface area contributed by atoms with Crippen LogP contribution in [0.2, 0.25) is 20.1 Å². The predicted octanol–water partition coefficient (Wildman–Crippen LogP) is 6.32. The maximum Gasteiger partial charge on any atom is 0.242 e. The van der Waals surface area contributed by atoms with Crippen LogP contribution in [0.1, 0.15) is 43.7 Å². The highest BCUT2D eigenvalue weighted by atomic mass is 35.5. The molecule has 31 heavy (non-hydrogen) atoms. The number of carbonyl (C=O) groups excluding carboxylic acids is 2. The number of nitrogens with one attached hydrogen (secondary N) is 1. The standard InChI is InChI=1S/C23H24Cl4N2O2/c1-14(23(31)28-17-5-2-3-6-17)29(13-15-9-10-16(24)11-21(15)27)22(30)12-18-19(25)7-4-8-20(18)26/h4,7-11,14,17H,2-3,5-6,12-13H2,1H3,(H,28,31). The smallest absolute Gasteiger partial charge is 0.242 e. The van der Waals surface area contributed by atoms with E-state index in [0.717, 1.165) is 25.7 Å². The van der Waals surface area contributed by atoms with Gasteiger partial charge in [0.2, 0.25) is 11.8 Å². The lowest BCUT2D eigenvalue weighted by Crippen LogP contribution is -2.50. The van der Waals surface area contributed by atoms with Gasteiger partial charge in [0.05, 0.1) is 6.42 Å². The SMILES string of the molecule is CC(C(=O)NC1CCCC1)N(Cc1ccc(Cl)cc1Cl)C(=O)Cc1c(Cl)cccc1Cl. The van der Waals surface area contributed by atoms with Crippen molar-refractivity contribution < 1.29 is 9.59 Å². The maximum absolute atomic E-state index is 13.3. The van der Waals surface area contributed by atoms with E-state index in [-0.39, 0.29) is 30.8 Å². The Kier molecular flexibility index (Phi) is 8.51. The maximum atomic E-state index is 13.3. The number of rotatable bonds is 7. The minimum absolute atomic E-state index is 0.0231. The summed E-state index contributed by atoms with van der Waals surface area (Å²) < 4.78 is 0. The van der Waals surface area contributed by atoms with Crippen molar-refractivity contribution >= 4 is 58.2 Å². The number of hydrogen-bond acceptors (Lipinski definition) is 2. The molecule has 8 heteroatoms. The molecule has 0 spiro atoms. The summed E-state index contributed by atoms with van der Waals surface area (Å²) in [7, 11) is 0. The molecule has 1 aliphatic carbocycles. The summed E-state index contributed by atoms with van der Waals surface area (Å²) in [6, 6.07) is 9.65. The molecule has 0 heterocycles. The third kappa shape index (κ3) is 6.29. The van der Waals surface area contributed by atoms with E-state index in [1.165, 1.54) is 4.90 Å². The van der Waals surface area contributed by atoms with Gasteiger partial charge >= 0.3 is 0 Å². The van der Waals surface area contributed by atoms with Gasteiger partial charge in [-0.1, -0.05) is 71.4 Å². The topological polar surface area (TPSA) is 49.4 Å². The van der Waals surface area contributed by atoms with Gasteiger partial charge < -0.3 is 10.2 Å². The number of benzene rings is 2. The molecule has 166 valence electrons. The number of halogens is 4. The van der Waals surface area contributed by atoms with Crippen LogP contribution < -0.4 is 5.32 Å². The van der Waals surface area contributed by atoms with Crippen LogP contribution in [0, 0.1) is 0 Å². The lowest BCUT2D eigenvalue weighted by molar-refractivity contribution is -0.140. The third-order valence-electron chi connectivity index (χ3n) is 5.61. The van der Waals surface area contributed by atoms with Gasteiger partial charge in [-0.15, -0.1) is 0 Å². The van der Waals surface area contributed by atoms with E-state index >= 15 is 0 Å². The Labute approximate surface area is 202 Å². The van der Waals surface area contributed by atoms with Crippen molar-refractivity contribution in [3.8, 4) is 0 Å². The van der Waals surface area contributed by atoms with Crippen molar-refractivity contribution in [1.82, 2.24) is 10.2 Å². The van der Waals surface area contributed by atoms with Crippen molar-refractivity contribution in [3.05, 3.63) is 67.6 Å². The van der Waals surface area contributed by atoms with Crippen LogP contribution in [0.25, 0.3) is 0 Å². The molecule has 1 unspecified atom stereocenters. The van der Waals surface area contributed by atoms with E-state index in [9.17, 15) is 9.59 Å². The summed E-state index contributed by atoms with van der Waals surface area (Å²) in [4.78, 5) is 27.8. The average Bonchev–Trinajstić information content (AvgIpc) is 3.22. The van der Waals surface area contributed by atoms with Gasteiger partial charge in [0.15, 0.2) is 0 Å². The van der Waals surface area contributed by atoms with Gasteiger partial charge in [-0.3, -0.25) is 9.59 Å². The molecule has 1 aliphatic rings. The van der Waals surface area contributed by atoms with Crippen LogP contribution in [0.15, 0.2) is 36.4 Å². The largest absolute Gasteiger partial charge is 0.352 e. The fraction of sp³-hybridized carbons (Fsp3) is 0.391. The molecule has 2 aromatic rings. The molecule has 1 N–H and O–H groups in total. The second-order valence-corrected chi connectivity index (χ2v) is 9.46. The van der Waals surface area contributed by atoms with E-state index in [2.05, 4.69) is 5.32 Å². The quantitative estimate of drug-likeness (QED) is 0.482. The van der Waals surface area contributed by atoms with E-state index in [4.69, 9.17) is 46.4 Å². The molecule has 3 rings (SSSR count). The van der Waals surface area contributed by atoms with Crippen molar-refractivity contribution in [3.63, 3.8) is 0 Å². The Bertz CT molecular complexity index is 940. The second kappa shape index (κ2) is 10.9. The number of carbonyl (C=O) groups is 2. The van der Waals surface area contributed by atoms with Gasteiger partial charge in [0.25, 0.3) is 0 Å². The van der Waals surface area contributed by atoms with Crippen LogP contribution >= 0.6 is 46.4 Å². The number of hydrogen-bond donors (Lipinski definition) is 1. The van der Waals surface area contributed by atoms with Crippen molar-refractivity contribution in [2.24, 2.45) is 0 Å².